The number of amides is 1. The summed E-state index contributed by atoms with van der Waals surface area (Å²) in [6.45, 7) is 2.69. The van der Waals surface area contributed by atoms with Crippen LogP contribution in [0.4, 0.5) is 0 Å². The highest BCUT2D eigenvalue weighted by molar-refractivity contribution is 7.10. The van der Waals surface area contributed by atoms with Gasteiger partial charge in [0.1, 0.15) is 0 Å². The van der Waals surface area contributed by atoms with E-state index in [0.717, 1.165) is 31.2 Å². The largest absolute Gasteiger partial charge is 0.351 e. The van der Waals surface area contributed by atoms with Gasteiger partial charge in [0, 0.05) is 11.4 Å². The SMILES string of the molecule is Cc1ccc(CNC(=O)C2(c3cccs3)CCCC2)cc1. The Balaban J connectivity index is 1.72. The van der Waals surface area contributed by atoms with Crippen LogP contribution in [-0.4, -0.2) is 5.91 Å². The molecule has 110 valence electrons. The van der Waals surface area contributed by atoms with Crippen molar-refractivity contribution in [3.8, 4) is 0 Å². The minimum Gasteiger partial charge on any atom is -0.351 e. The second-order valence-electron chi connectivity index (χ2n) is 5.93. The topological polar surface area (TPSA) is 29.1 Å². The molecular weight excluding hydrogens is 278 g/mol. The molecule has 0 radical (unpaired) electrons. The third-order valence-electron chi connectivity index (χ3n) is 4.46. The van der Waals surface area contributed by atoms with Crippen molar-refractivity contribution in [2.24, 2.45) is 0 Å². The zero-order chi connectivity index (χ0) is 14.7. The molecule has 0 aliphatic heterocycles. The Labute approximate surface area is 130 Å². The standard InChI is InChI=1S/C18H21NOS/c1-14-6-8-15(9-7-14)13-19-17(20)18(10-2-3-11-18)16-5-4-12-21-16/h4-9,12H,2-3,10-11,13H2,1H3,(H,19,20). The number of benzene rings is 1. The molecule has 3 rings (SSSR count). The third kappa shape index (κ3) is 2.88. The van der Waals surface area contributed by atoms with Crippen LogP contribution in [0.3, 0.4) is 0 Å². The van der Waals surface area contributed by atoms with Crippen LogP contribution in [0.1, 0.15) is 41.7 Å². The van der Waals surface area contributed by atoms with Crippen molar-refractivity contribution in [3.63, 3.8) is 0 Å². The van der Waals surface area contributed by atoms with E-state index in [0.29, 0.717) is 6.54 Å². The minimum atomic E-state index is -0.279. The molecular formula is C18H21NOS. The summed E-state index contributed by atoms with van der Waals surface area (Å²) in [4.78, 5) is 14.0. The van der Waals surface area contributed by atoms with E-state index in [1.807, 2.05) is 6.07 Å². The Kier molecular flexibility index (Phi) is 4.11. The summed E-state index contributed by atoms with van der Waals surface area (Å²) in [7, 11) is 0. The van der Waals surface area contributed by atoms with Gasteiger partial charge in [0.05, 0.1) is 5.41 Å². The summed E-state index contributed by atoms with van der Waals surface area (Å²) >= 11 is 1.71. The van der Waals surface area contributed by atoms with Crippen molar-refractivity contribution in [1.29, 1.82) is 0 Å². The normalized spacial score (nSPS) is 16.8. The molecule has 1 saturated carbocycles. The third-order valence-corrected chi connectivity index (χ3v) is 5.53. The molecule has 2 aromatic rings. The number of carbonyl (C=O) groups excluding carboxylic acids is 1. The van der Waals surface area contributed by atoms with Gasteiger partial charge in [0.2, 0.25) is 5.91 Å². The molecule has 0 unspecified atom stereocenters. The molecule has 0 spiro atoms. The molecule has 1 aliphatic carbocycles. The number of nitrogens with one attached hydrogen (secondary N) is 1. The highest BCUT2D eigenvalue weighted by Crippen LogP contribution is 2.43. The highest BCUT2D eigenvalue weighted by Gasteiger charge is 2.43. The average Bonchev–Trinajstić information content (AvgIpc) is 3.18. The number of hydrogen-bond donors (Lipinski definition) is 1. The molecule has 21 heavy (non-hydrogen) atoms. The maximum Gasteiger partial charge on any atom is 0.231 e. The van der Waals surface area contributed by atoms with Crippen LogP contribution in [-0.2, 0) is 16.8 Å². The number of aryl methyl sites for hydroxylation is 1. The van der Waals surface area contributed by atoms with Gasteiger partial charge in [0.25, 0.3) is 0 Å². The lowest BCUT2D eigenvalue weighted by molar-refractivity contribution is -0.126. The Hall–Kier alpha value is -1.61. The zero-order valence-electron chi connectivity index (χ0n) is 12.4. The summed E-state index contributed by atoms with van der Waals surface area (Å²) in [5.74, 6) is 0.197. The van der Waals surface area contributed by atoms with Gasteiger partial charge < -0.3 is 5.32 Å². The molecule has 1 N–H and O–H groups in total. The molecule has 2 nitrogen and oxygen atoms in total. The first-order valence-corrected chi connectivity index (χ1v) is 8.46. The quantitative estimate of drug-likeness (QED) is 0.901. The summed E-state index contributed by atoms with van der Waals surface area (Å²) in [5.41, 5.74) is 2.13. The van der Waals surface area contributed by atoms with E-state index in [-0.39, 0.29) is 11.3 Å². The molecule has 1 heterocycles. The first-order chi connectivity index (χ1) is 10.2. The highest BCUT2D eigenvalue weighted by atomic mass is 32.1. The molecule has 1 amide bonds. The van der Waals surface area contributed by atoms with E-state index in [4.69, 9.17) is 0 Å². The van der Waals surface area contributed by atoms with Crippen molar-refractivity contribution in [1.82, 2.24) is 5.32 Å². The van der Waals surface area contributed by atoms with Gasteiger partial charge in [0.15, 0.2) is 0 Å². The lowest BCUT2D eigenvalue weighted by Gasteiger charge is -2.26. The van der Waals surface area contributed by atoms with Gasteiger partial charge in [-0.2, -0.15) is 0 Å². The predicted octanol–water partition coefficient (Wildman–Crippen LogP) is 4.18. The molecule has 0 saturated heterocycles. The molecule has 1 fully saturated rings. The average molecular weight is 299 g/mol. The first-order valence-electron chi connectivity index (χ1n) is 7.58. The fourth-order valence-electron chi connectivity index (χ4n) is 3.17. The fourth-order valence-corrected chi connectivity index (χ4v) is 4.16. The lowest BCUT2D eigenvalue weighted by Crippen LogP contribution is -2.41. The van der Waals surface area contributed by atoms with E-state index in [1.165, 1.54) is 10.4 Å². The summed E-state index contributed by atoms with van der Waals surface area (Å²) in [6, 6.07) is 12.5. The second kappa shape index (κ2) is 6.02. The van der Waals surface area contributed by atoms with E-state index >= 15 is 0 Å². The lowest BCUT2D eigenvalue weighted by atomic mass is 9.83. The number of rotatable bonds is 4. The van der Waals surface area contributed by atoms with Crippen LogP contribution in [0.25, 0.3) is 0 Å². The van der Waals surface area contributed by atoms with Gasteiger partial charge in [-0.1, -0.05) is 48.7 Å². The van der Waals surface area contributed by atoms with Crippen LogP contribution in [0.5, 0.6) is 0 Å². The van der Waals surface area contributed by atoms with E-state index in [9.17, 15) is 4.79 Å². The Morgan fingerprint density at radius 1 is 1.19 bits per heavy atom. The minimum absolute atomic E-state index is 0.197. The molecule has 3 heteroatoms. The van der Waals surface area contributed by atoms with Crippen LogP contribution in [0.2, 0.25) is 0 Å². The molecule has 0 atom stereocenters. The summed E-state index contributed by atoms with van der Waals surface area (Å²) in [6.07, 6.45) is 4.26. The predicted molar refractivity (Wildman–Crippen MR) is 87.5 cm³/mol. The van der Waals surface area contributed by atoms with Crippen molar-refractivity contribution in [2.45, 2.75) is 44.6 Å². The Morgan fingerprint density at radius 2 is 1.90 bits per heavy atom. The summed E-state index contributed by atoms with van der Waals surface area (Å²) < 4.78 is 0. The van der Waals surface area contributed by atoms with Crippen molar-refractivity contribution < 1.29 is 4.79 Å². The van der Waals surface area contributed by atoms with E-state index in [1.54, 1.807) is 11.3 Å². The Morgan fingerprint density at radius 3 is 2.52 bits per heavy atom. The van der Waals surface area contributed by atoms with Crippen LogP contribution in [0, 0.1) is 6.92 Å². The van der Waals surface area contributed by atoms with E-state index in [2.05, 4.69) is 48.0 Å². The van der Waals surface area contributed by atoms with Crippen molar-refractivity contribution in [2.75, 3.05) is 0 Å². The van der Waals surface area contributed by atoms with Crippen LogP contribution < -0.4 is 5.32 Å². The van der Waals surface area contributed by atoms with Crippen LogP contribution >= 0.6 is 11.3 Å². The van der Waals surface area contributed by atoms with E-state index < -0.39 is 0 Å². The van der Waals surface area contributed by atoms with Crippen molar-refractivity contribution >= 4 is 17.2 Å². The monoisotopic (exact) mass is 299 g/mol. The molecule has 1 aliphatic rings. The van der Waals surface area contributed by atoms with Crippen LogP contribution in [0.15, 0.2) is 41.8 Å². The zero-order valence-corrected chi connectivity index (χ0v) is 13.2. The molecule has 1 aromatic carbocycles. The Bertz CT molecular complexity index is 595. The van der Waals surface area contributed by atoms with Crippen molar-refractivity contribution in [3.05, 3.63) is 57.8 Å². The van der Waals surface area contributed by atoms with Gasteiger partial charge >= 0.3 is 0 Å². The fraction of sp³-hybridized carbons (Fsp3) is 0.389. The second-order valence-corrected chi connectivity index (χ2v) is 6.88. The number of hydrogen-bond acceptors (Lipinski definition) is 2. The smallest absolute Gasteiger partial charge is 0.231 e. The van der Waals surface area contributed by atoms with Gasteiger partial charge in [-0.3, -0.25) is 4.79 Å². The number of thiophene rings is 1. The molecule has 1 aromatic heterocycles. The van der Waals surface area contributed by atoms with Gasteiger partial charge in [-0.25, -0.2) is 0 Å². The van der Waals surface area contributed by atoms with Gasteiger partial charge in [-0.05, 0) is 36.8 Å². The first kappa shape index (κ1) is 14.3. The van der Waals surface area contributed by atoms with Gasteiger partial charge in [-0.15, -0.1) is 11.3 Å². The maximum atomic E-state index is 12.8. The molecule has 0 bridgehead atoms. The number of carbonyl (C=O) groups is 1. The maximum absolute atomic E-state index is 12.8. The summed E-state index contributed by atoms with van der Waals surface area (Å²) in [5, 5.41) is 5.23.